The first-order chi connectivity index (χ1) is 10.7. The summed E-state index contributed by atoms with van der Waals surface area (Å²) in [5.74, 6) is 0.221. The topological polar surface area (TPSA) is 71.9 Å². The molecule has 1 aromatic carbocycles. The lowest BCUT2D eigenvalue weighted by atomic mass is 10.1. The molecule has 6 heteroatoms. The molecule has 1 aromatic heterocycles. The van der Waals surface area contributed by atoms with Crippen LogP contribution in [-0.4, -0.2) is 43.4 Å². The Morgan fingerprint density at radius 1 is 1.23 bits per heavy atom. The molecule has 1 aliphatic rings. The summed E-state index contributed by atoms with van der Waals surface area (Å²) in [6.07, 6.45) is 3.53. The molecule has 3 rings (SSSR count). The standard InChI is InChI=1S/C16H18N2O4/c1-21-10-7-11-14(13(8-10)22-2)17-9-12(16(19)20)15(11)18-5-3-4-6-18/h7-9H,3-6H2,1-2H3,(H,19,20). The number of hydrogen-bond donors (Lipinski definition) is 1. The van der Waals surface area contributed by atoms with Crippen LogP contribution < -0.4 is 14.4 Å². The second-order valence-corrected chi connectivity index (χ2v) is 5.25. The van der Waals surface area contributed by atoms with Crippen molar-refractivity contribution in [1.29, 1.82) is 0 Å². The van der Waals surface area contributed by atoms with Crippen LogP contribution in [0.2, 0.25) is 0 Å². The number of benzene rings is 1. The van der Waals surface area contributed by atoms with E-state index >= 15 is 0 Å². The lowest BCUT2D eigenvalue weighted by Crippen LogP contribution is -2.21. The van der Waals surface area contributed by atoms with E-state index in [1.165, 1.54) is 6.20 Å². The van der Waals surface area contributed by atoms with E-state index in [1.54, 1.807) is 20.3 Å². The molecule has 0 bridgehead atoms. The van der Waals surface area contributed by atoms with Gasteiger partial charge >= 0.3 is 5.97 Å². The Morgan fingerprint density at radius 3 is 2.55 bits per heavy atom. The summed E-state index contributed by atoms with van der Waals surface area (Å²) < 4.78 is 10.7. The molecular formula is C16H18N2O4. The van der Waals surface area contributed by atoms with Gasteiger partial charge in [-0.1, -0.05) is 0 Å². The quantitative estimate of drug-likeness (QED) is 0.936. The highest BCUT2D eigenvalue weighted by atomic mass is 16.5. The van der Waals surface area contributed by atoms with Gasteiger partial charge in [0.05, 0.1) is 19.9 Å². The van der Waals surface area contributed by atoms with Crippen molar-refractivity contribution in [2.24, 2.45) is 0 Å². The zero-order valence-electron chi connectivity index (χ0n) is 12.6. The van der Waals surface area contributed by atoms with Gasteiger partial charge in [0.25, 0.3) is 0 Å². The molecule has 116 valence electrons. The number of ether oxygens (including phenoxy) is 2. The van der Waals surface area contributed by atoms with Crippen molar-refractivity contribution in [1.82, 2.24) is 4.98 Å². The number of carboxylic acid groups (broad SMARTS) is 1. The maximum Gasteiger partial charge on any atom is 0.339 e. The Kier molecular flexibility index (Phi) is 3.75. The van der Waals surface area contributed by atoms with Gasteiger partial charge in [-0.15, -0.1) is 0 Å². The number of hydrogen-bond acceptors (Lipinski definition) is 5. The average Bonchev–Trinajstić information content (AvgIpc) is 3.06. The normalized spacial score (nSPS) is 14.4. The molecule has 0 saturated carbocycles. The highest BCUT2D eigenvalue weighted by Gasteiger charge is 2.24. The first-order valence-electron chi connectivity index (χ1n) is 7.18. The van der Waals surface area contributed by atoms with Crippen LogP contribution >= 0.6 is 0 Å². The van der Waals surface area contributed by atoms with Gasteiger partial charge in [0.1, 0.15) is 22.6 Å². The third-order valence-corrected chi connectivity index (χ3v) is 3.99. The van der Waals surface area contributed by atoms with Crippen molar-refractivity contribution in [3.05, 3.63) is 23.9 Å². The molecule has 2 aromatic rings. The maximum atomic E-state index is 11.6. The summed E-state index contributed by atoms with van der Waals surface area (Å²) in [4.78, 5) is 18.0. The molecule has 1 N–H and O–H groups in total. The number of fused-ring (bicyclic) bond motifs is 1. The number of methoxy groups -OCH3 is 2. The number of nitrogens with zero attached hydrogens (tertiary/aromatic N) is 2. The van der Waals surface area contributed by atoms with E-state index in [0.29, 0.717) is 22.7 Å². The SMILES string of the molecule is COc1cc(OC)c2ncc(C(=O)O)c(N3CCCC3)c2c1. The molecule has 0 amide bonds. The molecule has 2 heterocycles. The fourth-order valence-corrected chi connectivity index (χ4v) is 2.94. The van der Waals surface area contributed by atoms with Gasteiger partial charge in [-0.2, -0.15) is 0 Å². The van der Waals surface area contributed by atoms with Gasteiger partial charge in [0.15, 0.2) is 0 Å². The Balaban J connectivity index is 2.34. The number of anilines is 1. The monoisotopic (exact) mass is 302 g/mol. The van der Waals surface area contributed by atoms with Crippen LogP contribution in [0, 0.1) is 0 Å². The number of carboxylic acids is 1. The van der Waals surface area contributed by atoms with Crippen LogP contribution in [0.4, 0.5) is 5.69 Å². The van der Waals surface area contributed by atoms with Gasteiger partial charge in [-0.3, -0.25) is 4.98 Å². The van der Waals surface area contributed by atoms with E-state index in [0.717, 1.165) is 31.3 Å². The Bertz CT molecular complexity index is 724. The summed E-state index contributed by atoms with van der Waals surface area (Å²) in [5.41, 5.74) is 1.56. The molecule has 1 aliphatic heterocycles. The molecular weight excluding hydrogens is 284 g/mol. The second-order valence-electron chi connectivity index (χ2n) is 5.25. The predicted molar refractivity (Wildman–Crippen MR) is 83.3 cm³/mol. The number of pyridine rings is 1. The largest absolute Gasteiger partial charge is 0.497 e. The van der Waals surface area contributed by atoms with Crippen LogP contribution in [-0.2, 0) is 0 Å². The minimum Gasteiger partial charge on any atom is -0.497 e. The first-order valence-corrected chi connectivity index (χ1v) is 7.18. The van der Waals surface area contributed by atoms with Crippen molar-refractivity contribution in [2.75, 3.05) is 32.2 Å². The van der Waals surface area contributed by atoms with Gasteiger partial charge in [0, 0.05) is 30.7 Å². The number of aromatic nitrogens is 1. The molecule has 0 aliphatic carbocycles. The third-order valence-electron chi connectivity index (χ3n) is 3.99. The van der Waals surface area contributed by atoms with Crippen LogP contribution in [0.3, 0.4) is 0 Å². The molecule has 6 nitrogen and oxygen atoms in total. The lowest BCUT2D eigenvalue weighted by Gasteiger charge is -2.22. The molecule has 0 atom stereocenters. The maximum absolute atomic E-state index is 11.6. The highest BCUT2D eigenvalue weighted by molar-refractivity contribution is 6.06. The molecule has 22 heavy (non-hydrogen) atoms. The number of carbonyl (C=O) groups is 1. The number of rotatable bonds is 4. The van der Waals surface area contributed by atoms with Crippen molar-refractivity contribution < 1.29 is 19.4 Å². The van der Waals surface area contributed by atoms with Crippen LogP contribution in [0.15, 0.2) is 18.3 Å². The molecule has 1 saturated heterocycles. The Labute approximate surface area is 128 Å². The summed E-state index contributed by atoms with van der Waals surface area (Å²) >= 11 is 0. The van der Waals surface area contributed by atoms with Crippen LogP contribution in [0.1, 0.15) is 23.2 Å². The minimum absolute atomic E-state index is 0.213. The first kappa shape index (κ1) is 14.4. The highest BCUT2D eigenvalue weighted by Crippen LogP contribution is 2.38. The summed E-state index contributed by atoms with van der Waals surface area (Å²) in [5, 5.41) is 10.3. The summed E-state index contributed by atoms with van der Waals surface area (Å²) in [6, 6.07) is 3.58. The summed E-state index contributed by atoms with van der Waals surface area (Å²) in [6.45, 7) is 1.69. The Morgan fingerprint density at radius 2 is 1.95 bits per heavy atom. The van der Waals surface area contributed by atoms with Crippen molar-refractivity contribution >= 4 is 22.6 Å². The Hall–Kier alpha value is -2.50. The van der Waals surface area contributed by atoms with Crippen LogP contribution in [0.25, 0.3) is 10.9 Å². The van der Waals surface area contributed by atoms with E-state index in [2.05, 4.69) is 9.88 Å². The molecule has 1 fully saturated rings. The van der Waals surface area contributed by atoms with Crippen molar-refractivity contribution in [3.63, 3.8) is 0 Å². The molecule has 0 unspecified atom stereocenters. The van der Waals surface area contributed by atoms with Crippen molar-refractivity contribution in [2.45, 2.75) is 12.8 Å². The number of aromatic carboxylic acids is 1. The third kappa shape index (κ3) is 2.30. The zero-order valence-corrected chi connectivity index (χ0v) is 12.6. The van der Waals surface area contributed by atoms with Gasteiger partial charge in [0.2, 0.25) is 0 Å². The van der Waals surface area contributed by atoms with Gasteiger partial charge in [-0.05, 0) is 18.9 Å². The lowest BCUT2D eigenvalue weighted by molar-refractivity contribution is 0.0697. The molecule has 0 spiro atoms. The van der Waals surface area contributed by atoms with Crippen molar-refractivity contribution in [3.8, 4) is 11.5 Å². The fraction of sp³-hybridized carbons (Fsp3) is 0.375. The molecule has 0 radical (unpaired) electrons. The van der Waals surface area contributed by atoms with E-state index in [4.69, 9.17) is 9.47 Å². The van der Waals surface area contributed by atoms with E-state index in [1.807, 2.05) is 6.07 Å². The summed E-state index contributed by atoms with van der Waals surface area (Å²) in [7, 11) is 3.14. The second kappa shape index (κ2) is 5.71. The van der Waals surface area contributed by atoms with E-state index in [-0.39, 0.29) is 5.56 Å². The predicted octanol–water partition coefficient (Wildman–Crippen LogP) is 2.55. The fourth-order valence-electron chi connectivity index (χ4n) is 2.94. The average molecular weight is 302 g/mol. The van der Waals surface area contributed by atoms with Gasteiger partial charge in [-0.25, -0.2) is 4.79 Å². The van der Waals surface area contributed by atoms with E-state index in [9.17, 15) is 9.90 Å². The zero-order chi connectivity index (χ0) is 15.7. The minimum atomic E-state index is -0.974. The smallest absolute Gasteiger partial charge is 0.339 e. The van der Waals surface area contributed by atoms with E-state index < -0.39 is 5.97 Å². The van der Waals surface area contributed by atoms with Gasteiger partial charge < -0.3 is 19.5 Å². The van der Waals surface area contributed by atoms with Crippen LogP contribution in [0.5, 0.6) is 11.5 Å².